The Kier molecular flexibility index (Phi) is 4.94. The fourth-order valence-corrected chi connectivity index (χ4v) is 2.56. The van der Waals surface area contributed by atoms with E-state index in [-0.39, 0.29) is 11.8 Å². The third-order valence-electron chi connectivity index (χ3n) is 3.19. The third-order valence-corrected chi connectivity index (χ3v) is 3.73. The zero-order chi connectivity index (χ0) is 14.7. The Morgan fingerprint density at radius 1 is 1.30 bits per heavy atom. The molecule has 2 aromatic rings. The highest BCUT2D eigenvalue weighted by molar-refractivity contribution is 6.30. The Morgan fingerprint density at radius 3 is 2.60 bits per heavy atom. The zero-order valence-corrected chi connectivity index (χ0v) is 12.4. The molecule has 0 fully saturated rings. The van der Waals surface area contributed by atoms with Crippen molar-refractivity contribution in [1.82, 2.24) is 0 Å². The summed E-state index contributed by atoms with van der Waals surface area (Å²) in [6.45, 7) is 0.208. The van der Waals surface area contributed by atoms with Crippen molar-refractivity contribution in [3.63, 3.8) is 0 Å². The van der Waals surface area contributed by atoms with Gasteiger partial charge in [-0.2, -0.15) is 0 Å². The molecule has 0 amide bonds. The predicted molar refractivity (Wildman–Crippen MR) is 78.5 cm³/mol. The summed E-state index contributed by atoms with van der Waals surface area (Å²) in [6.07, 6.45) is 0.516. The molecule has 2 atom stereocenters. The van der Waals surface area contributed by atoms with Crippen LogP contribution in [0.1, 0.15) is 23.1 Å². The number of rotatable bonds is 5. The number of hydrogen-bond donors (Lipinski definition) is 2. The number of halogens is 2. The first-order chi connectivity index (χ1) is 9.58. The van der Waals surface area contributed by atoms with Gasteiger partial charge in [0.15, 0.2) is 5.22 Å². The summed E-state index contributed by atoms with van der Waals surface area (Å²) >= 11 is 11.9. The van der Waals surface area contributed by atoms with Crippen LogP contribution in [0.5, 0.6) is 5.75 Å². The highest BCUT2D eigenvalue weighted by atomic mass is 35.5. The summed E-state index contributed by atoms with van der Waals surface area (Å²) in [5, 5.41) is 11.2. The van der Waals surface area contributed by atoms with E-state index in [2.05, 4.69) is 0 Å². The average Bonchev–Trinajstić information content (AvgIpc) is 2.86. The molecule has 0 saturated heterocycles. The van der Waals surface area contributed by atoms with Gasteiger partial charge < -0.3 is 20.0 Å². The molecular formula is C14H15Cl2NO3. The highest BCUT2D eigenvalue weighted by Crippen LogP contribution is 2.39. The largest absolute Gasteiger partial charge is 0.496 e. The molecule has 1 aromatic carbocycles. The molecule has 4 nitrogen and oxygen atoms in total. The molecule has 3 N–H and O–H groups in total. The number of aliphatic hydroxyl groups is 1. The molecule has 0 bridgehead atoms. The number of benzene rings is 1. The van der Waals surface area contributed by atoms with E-state index in [0.717, 1.165) is 5.56 Å². The molecule has 0 radical (unpaired) electrons. The van der Waals surface area contributed by atoms with Crippen molar-refractivity contribution in [2.24, 2.45) is 5.73 Å². The fourth-order valence-electron chi connectivity index (χ4n) is 2.15. The van der Waals surface area contributed by atoms with Gasteiger partial charge in [-0.25, -0.2) is 0 Å². The summed E-state index contributed by atoms with van der Waals surface area (Å²) in [5.74, 6) is 0.210. The lowest BCUT2D eigenvalue weighted by Gasteiger charge is -2.23. The minimum Gasteiger partial charge on any atom is -0.496 e. The van der Waals surface area contributed by atoms with Crippen molar-refractivity contribution in [2.45, 2.75) is 12.0 Å². The maximum Gasteiger partial charge on any atom is 0.198 e. The van der Waals surface area contributed by atoms with Crippen LogP contribution < -0.4 is 10.5 Å². The molecule has 1 aromatic heterocycles. The lowest BCUT2D eigenvalue weighted by molar-refractivity contribution is 0.145. The van der Waals surface area contributed by atoms with Crippen molar-refractivity contribution in [2.75, 3.05) is 13.7 Å². The summed E-state index contributed by atoms with van der Waals surface area (Å²) in [5.41, 5.74) is 7.02. The lowest BCUT2D eigenvalue weighted by atomic mass is 9.89. The van der Waals surface area contributed by atoms with Gasteiger partial charge in [-0.15, -0.1) is 0 Å². The van der Waals surface area contributed by atoms with E-state index in [0.29, 0.717) is 16.3 Å². The first kappa shape index (κ1) is 15.2. The zero-order valence-electron chi connectivity index (χ0n) is 10.8. The molecule has 0 saturated carbocycles. The quantitative estimate of drug-likeness (QED) is 0.887. The van der Waals surface area contributed by atoms with Gasteiger partial charge in [0.25, 0.3) is 0 Å². The molecular weight excluding hydrogens is 301 g/mol. The van der Waals surface area contributed by atoms with E-state index in [4.69, 9.17) is 38.1 Å². The maximum atomic E-state index is 10.5. The maximum absolute atomic E-state index is 10.5. The van der Waals surface area contributed by atoms with E-state index in [9.17, 15) is 5.11 Å². The molecule has 0 spiro atoms. The first-order valence-corrected chi connectivity index (χ1v) is 6.78. The number of methoxy groups -OCH3 is 1. The molecule has 20 heavy (non-hydrogen) atoms. The molecule has 6 heteroatoms. The van der Waals surface area contributed by atoms with Crippen LogP contribution in [0.3, 0.4) is 0 Å². The SMILES string of the molecule is COc1ccc(Cl)cc1C(CN)C(O)c1ccoc1Cl. The minimum absolute atomic E-state index is 0.150. The highest BCUT2D eigenvalue weighted by Gasteiger charge is 2.27. The van der Waals surface area contributed by atoms with Crippen LogP contribution in [0.15, 0.2) is 34.9 Å². The van der Waals surface area contributed by atoms with Crippen LogP contribution in [0.4, 0.5) is 0 Å². The minimum atomic E-state index is -0.904. The van der Waals surface area contributed by atoms with Crippen LogP contribution in [-0.4, -0.2) is 18.8 Å². The number of hydrogen-bond acceptors (Lipinski definition) is 4. The Balaban J connectivity index is 2.42. The van der Waals surface area contributed by atoms with Crippen molar-refractivity contribution < 1.29 is 14.3 Å². The van der Waals surface area contributed by atoms with Crippen molar-refractivity contribution >= 4 is 23.2 Å². The van der Waals surface area contributed by atoms with E-state index < -0.39 is 12.0 Å². The van der Waals surface area contributed by atoms with Crippen molar-refractivity contribution in [3.05, 3.63) is 51.9 Å². The molecule has 0 aliphatic rings. The Bertz CT molecular complexity index is 586. The summed E-state index contributed by atoms with van der Waals surface area (Å²) < 4.78 is 10.3. The molecule has 2 rings (SSSR count). The number of aliphatic hydroxyl groups excluding tert-OH is 1. The summed E-state index contributed by atoms with van der Waals surface area (Å²) in [7, 11) is 1.55. The van der Waals surface area contributed by atoms with Gasteiger partial charge in [0, 0.05) is 28.6 Å². The lowest BCUT2D eigenvalue weighted by Crippen LogP contribution is -2.20. The second-order valence-electron chi connectivity index (χ2n) is 4.32. The Labute approximate surface area is 127 Å². The van der Waals surface area contributed by atoms with Gasteiger partial charge in [0.05, 0.1) is 19.5 Å². The van der Waals surface area contributed by atoms with E-state index in [1.807, 2.05) is 0 Å². The molecule has 0 aliphatic heterocycles. The monoisotopic (exact) mass is 315 g/mol. The van der Waals surface area contributed by atoms with Crippen molar-refractivity contribution in [1.29, 1.82) is 0 Å². The van der Waals surface area contributed by atoms with Crippen molar-refractivity contribution in [3.8, 4) is 5.75 Å². The molecule has 0 aliphatic carbocycles. The molecule has 1 heterocycles. The summed E-state index contributed by atoms with van der Waals surface area (Å²) in [4.78, 5) is 0. The standard InChI is InChI=1S/C14H15Cl2NO3/c1-19-12-3-2-8(15)6-10(12)11(7-17)13(18)9-4-5-20-14(9)16/h2-6,11,13,18H,7,17H2,1H3. The topological polar surface area (TPSA) is 68.6 Å². The second-order valence-corrected chi connectivity index (χ2v) is 5.10. The number of furan rings is 1. The molecule has 2 unspecified atom stereocenters. The van der Waals surface area contributed by atoms with E-state index in [1.165, 1.54) is 6.26 Å². The number of ether oxygens (including phenoxy) is 1. The van der Waals surface area contributed by atoms with Crippen LogP contribution in [0, 0.1) is 0 Å². The van der Waals surface area contributed by atoms with Crippen LogP contribution >= 0.6 is 23.2 Å². The predicted octanol–water partition coefficient (Wildman–Crippen LogP) is 3.37. The van der Waals surface area contributed by atoms with Gasteiger partial charge in [0.2, 0.25) is 0 Å². The Hall–Kier alpha value is -1.20. The first-order valence-electron chi connectivity index (χ1n) is 6.03. The second kappa shape index (κ2) is 6.50. The normalized spacial score (nSPS) is 14.1. The third kappa shape index (κ3) is 2.94. The summed E-state index contributed by atoms with van der Waals surface area (Å²) in [6, 6.07) is 6.81. The van der Waals surface area contributed by atoms with Gasteiger partial charge in [0.1, 0.15) is 5.75 Å². The fraction of sp³-hybridized carbons (Fsp3) is 0.286. The van der Waals surface area contributed by atoms with E-state index in [1.54, 1.807) is 31.4 Å². The van der Waals surface area contributed by atoms with Crippen LogP contribution in [-0.2, 0) is 0 Å². The van der Waals surface area contributed by atoms with Gasteiger partial charge in [-0.1, -0.05) is 11.6 Å². The van der Waals surface area contributed by atoms with Crippen LogP contribution in [0.25, 0.3) is 0 Å². The van der Waals surface area contributed by atoms with Crippen LogP contribution in [0.2, 0.25) is 10.2 Å². The Morgan fingerprint density at radius 2 is 2.05 bits per heavy atom. The number of nitrogens with two attached hydrogens (primary N) is 1. The van der Waals surface area contributed by atoms with Gasteiger partial charge >= 0.3 is 0 Å². The average molecular weight is 316 g/mol. The van der Waals surface area contributed by atoms with Gasteiger partial charge in [-0.3, -0.25) is 0 Å². The van der Waals surface area contributed by atoms with E-state index >= 15 is 0 Å². The smallest absolute Gasteiger partial charge is 0.198 e. The molecule has 108 valence electrons. The van der Waals surface area contributed by atoms with Gasteiger partial charge in [-0.05, 0) is 35.9 Å².